The third-order valence-electron chi connectivity index (χ3n) is 5.31. The third-order valence-corrected chi connectivity index (χ3v) is 5.31. The number of carbonyl (C=O) groups is 2. The number of anilines is 2. The lowest BCUT2D eigenvalue weighted by atomic mass is 10.1. The second-order valence-electron chi connectivity index (χ2n) is 7.54. The van der Waals surface area contributed by atoms with Crippen LogP contribution < -0.4 is 10.2 Å². The standard InChI is InChI=1S/C24H19F4N3O2/c25-16-5-10-19(26)15(13-16)14-30-11-2-12-31(24(30)33)18-8-6-17(7-9-18)29-23(32)22-20(27)3-1-4-21(22)28/h1,3-10,13H,2,11-12,14H2,(H,29,32). The number of nitrogens with zero attached hydrogens (tertiary/aromatic N) is 2. The Morgan fingerprint density at radius 2 is 1.58 bits per heavy atom. The maximum Gasteiger partial charge on any atom is 0.324 e. The highest BCUT2D eigenvalue weighted by atomic mass is 19.1. The fourth-order valence-corrected chi connectivity index (χ4v) is 3.67. The molecule has 1 N–H and O–H groups in total. The van der Waals surface area contributed by atoms with Crippen LogP contribution in [0.3, 0.4) is 0 Å². The molecular weight excluding hydrogens is 438 g/mol. The summed E-state index contributed by atoms with van der Waals surface area (Å²) in [7, 11) is 0. The number of benzene rings is 3. The van der Waals surface area contributed by atoms with E-state index in [1.54, 1.807) is 12.1 Å². The van der Waals surface area contributed by atoms with Crippen LogP contribution in [-0.2, 0) is 6.54 Å². The summed E-state index contributed by atoms with van der Waals surface area (Å²) in [6.45, 7) is 0.752. The minimum absolute atomic E-state index is 0.0682. The molecular formula is C24H19F4N3O2. The van der Waals surface area contributed by atoms with E-state index in [4.69, 9.17) is 0 Å². The van der Waals surface area contributed by atoms with Crippen molar-refractivity contribution >= 4 is 23.3 Å². The number of rotatable bonds is 5. The molecule has 0 radical (unpaired) electrons. The highest BCUT2D eigenvalue weighted by Gasteiger charge is 2.27. The van der Waals surface area contributed by atoms with Crippen LogP contribution >= 0.6 is 0 Å². The van der Waals surface area contributed by atoms with Gasteiger partial charge in [-0.1, -0.05) is 6.07 Å². The Balaban J connectivity index is 1.46. The van der Waals surface area contributed by atoms with E-state index in [1.165, 1.54) is 21.9 Å². The van der Waals surface area contributed by atoms with Crippen LogP contribution in [0.1, 0.15) is 22.3 Å². The number of amides is 3. The van der Waals surface area contributed by atoms with Crippen molar-refractivity contribution in [2.75, 3.05) is 23.3 Å². The molecule has 3 amide bonds. The second-order valence-corrected chi connectivity index (χ2v) is 7.54. The van der Waals surface area contributed by atoms with Crippen LogP contribution in [0.4, 0.5) is 33.7 Å². The van der Waals surface area contributed by atoms with E-state index in [-0.39, 0.29) is 23.8 Å². The lowest BCUT2D eigenvalue weighted by Crippen LogP contribution is -2.49. The molecule has 33 heavy (non-hydrogen) atoms. The van der Waals surface area contributed by atoms with Gasteiger partial charge in [-0.05, 0) is 61.0 Å². The smallest absolute Gasteiger partial charge is 0.322 e. The van der Waals surface area contributed by atoms with Gasteiger partial charge in [0.05, 0.1) is 6.54 Å². The van der Waals surface area contributed by atoms with Crippen molar-refractivity contribution in [3.63, 3.8) is 0 Å². The molecule has 0 saturated carbocycles. The topological polar surface area (TPSA) is 52.7 Å². The van der Waals surface area contributed by atoms with Gasteiger partial charge in [0.25, 0.3) is 5.91 Å². The van der Waals surface area contributed by atoms with E-state index >= 15 is 0 Å². The zero-order valence-corrected chi connectivity index (χ0v) is 17.3. The van der Waals surface area contributed by atoms with Gasteiger partial charge in [0.1, 0.15) is 28.8 Å². The Morgan fingerprint density at radius 3 is 2.27 bits per heavy atom. The highest BCUT2D eigenvalue weighted by Crippen LogP contribution is 2.24. The predicted molar refractivity (Wildman–Crippen MR) is 115 cm³/mol. The normalized spacial score (nSPS) is 13.9. The average molecular weight is 457 g/mol. The van der Waals surface area contributed by atoms with Crippen molar-refractivity contribution in [1.82, 2.24) is 4.90 Å². The number of nitrogens with one attached hydrogen (secondary N) is 1. The first kappa shape index (κ1) is 22.3. The zero-order chi connectivity index (χ0) is 23.5. The molecule has 0 aliphatic carbocycles. The molecule has 3 aromatic rings. The van der Waals surface area contributed by atoms with Gasteiger partial charge in [-0.3, -0.25) is 9.69 Å². The predicted octanol–water partition coefficient (Wildman–Crippen LogP) is 5.33. The monoisotopic (exact) mass is 457 g/mol. The van der Waals surface area contributed by atoms with E-state index in [0.29, 0.717) is 25.2 Å². The van der Waals surface area contributed by atoms with E-state index < -0.39 is 34.7 Å². The van der Waals surface area contributed by atoms with Crippen molar-refractivity contribution in [3.05, 3.63) is 95.1 Å². The highest BCUT2D eigenvalue weighted by molar-refractivity contribution is 6.04. The van der Waals surface area contributed by atoms with Gasteiger partial charge in [0.15, 0.2) is 0 Å². The van der Waals surface area contributed by atoms with E-state index in [9.17, 15) is 27.2 Å². The van der Waals surface area contributed by atoms with Crippen molar-refractivity contribution < 1.29 is 27.2 Å². The van der Waals surface area contributed by atoms with Gasteiger partial charge in [-0.25, -0.2) is 22.4 Å². The molecule has 0 spiro atoms. The molecule has 9 heteroatoms. The first-order valence-electron chi connectivity index (χ1n) is 10.2. The van der Waals surface area contributed by atoms with Gasteiger partial charge in [-0.15, -0.1) is 0 Å². The molecule has 5 nitrogen and oxygen atoms in total. The van der Waals surface area contributed by atoms with E-state index in [1.807, 2.05) is 0 Å². The average Bonchev–Trinajstić information content (AvgIpc) is 2.78. The SMILES string of the molecule is O=C(Nc1ccc(N2CCCN(Cc3cc(F)ccc3F)C2=O)cc1)c1c(F)cccc1F. The number of hydrogen-bond acceptors (Lipinski definition) is 2. The zero-order valence-electron chi connectivity index (χ0n) is 17.3. The van der Waals surface area contributed by atoms with Crippen LogP contribution in [0.2, 0.25) is 0 Å². The molecule has 0 bridgehead atoms. The largest absolute Gasteiger partial charge is 0.324 e. The Hall–Kier alpha value is -3.88. The summed E-state index contributed by atoms with van der Waals surface area (Å²) < 4.78 is 55.1. The fourth-order valence-electron chi connectivity index (χ4n) is 3.67. The van der Waals surface area contributed by atoms with Crippen LogP contribution in [0.5, 0.6) is 0 Å². The lowest BCUT2D eigenvalue weighted by molar-refractivity contribution is 0.101. The minimum atomic E-state index is -0.974. The molecule has 170 valence electrons. The summed E-state index contributed by atoms with van der Waals surface area (Å²) in [4.78, 5) is 28.1. The Kier molecular flexibility index (Phi) is 6.30. The van der Waals surface area contributed by atoms with Crippen molar-refractivity contribution in [3.8, 4) is 0 Å². The molecule has 0 atom stereocenters. The summed E-state index contributed by atoms with van der Waals surface area (Å²) in [5.74, 6) is -4.06. The van der Waals surface area contributed by atoms with Gasteiger partial charge >= 0.3 is 6.03 Å². The number of halogens is 4. The lowest BCUT2D eigenvalue weighted by Gasteiger charge is -2.35. The quantitative estimate of drug-likeness (QED) is 0.527. The van der Waals surface area contributed by atoms with Crippen molar-refractivity contribution in [1.29, 1.82) is 0 Å². The molecule has 0 aromatic heterocycles. The van der Waals surface area contributed by atoms with Gasteiger partial charge < -0.3 is 10.2 Å². The summed E-state index contributed by atoms with van der Waals surface area (Å²) >= 11 is 0. The molecule has 4 rings (SSSR count). The molecule has 0 unspecified atom stereocenters. The first-order valence-corrected chi connectivity index (χ1v) is 10.2. The number of urea groups is 1. The van der Waals surface area contributed by atoms with E-state index in [2.05, 4.69) is 5.32 Å². The number of carbonyl (C=O) groups excluding carboxylic acids is 2. The first-order chi connectivity index (χ1) is 15.8. The van der Waals surface area contributed by atoms with Crippen LogP contribution in [-0.4, -0.2) is 29.9 Å². The van der Waals surface area contributed by atoms with Crippen LogP contribution in [0.15, 0.2) is 60.7 Å². The molecule has 1 aliphatic rings. The molecule has 3 aromatic carbocycles. The van der Waals surface area contributed by atoms with Gasteiger partial charge in [0.2, 0.25) is 0 Å². The summed E-state index contributed by atoms with van der Waals surface area (Å²) in [5, 5.41) is 2.42. The van der Waals surface area contributed by atoms with E-state index in [0.717, 1.165) is 36.4 Å². The Labute approximate surface area is 187 Å². The second kappa shape index (κ2) is 9.32. The molecule has 1 heterocycles. The van der Waals surface area contributed by atoms with Gasteiger partial charge in [0, 0.05) is 30.0 Å². The third kappa shape index (κ3) is 4.82. The Morgan fingerprint density at radius 1 is 0.879 bits per heavy atom. The maximum atomic E-state index is 14.0. The molecule has 1 aliphatic heterocycles. The molecule has 1 fully saturated rings. The maximum absolute atomic E-state index is 14.0. The fraction of sp³-hybridized carbons (Fsp3) is 0.167. The Bertz CT molecular complexity index is 1180. The van der Waals surface area contributed by atoms with Gasteiger partial charge in [-0.2, -0.15) is 0 Å². The van der Waals surface area contributed by atoms with Crippen molar-refractivity contribution in [2.45, 2.75) is 13.0 Å². The van der Waals surface area contributed by atoms with Crippen LogP contribution in [0.25, 0.3) is 0 Å². The summed E-state index contributed by atoms with van der Waals surface area (Å²) in [6.07, 6.45) is 0.619. The molecule has 1 saturated heterocycles. The summed E-state index contributed by atoms with van der Waals surface area (Å²) in [6, 6.07) is 12.1. The van der Waals surface area contributed by atoms with Crippen LogP contribution in [0, 0.1) is 23.3 Å². The van der Waals surface area contributed by atoms with Crippen molar-refractivity contribution in [2.24, 2.45) is 0 Å². The number of hydrogen-bond donors (Lipinski definition) is 1. The minimum Gasteiger partial charge on any atom is -0.322 e. The summed E-state index contributed by atoms with van der Waals surface area (Å²) in [5.41, 5.74) is 0.214.